The number of esters is 2. The highest BCUT2D eigenvalue weighted by Crippen LogP contribution is 2.30. The second-order valence-corrected chi connectivity index (χ2v) is 16.5. The zero-order valence-electron chi connectivity index (χ0n) is 36.6. The van der Waals surface area contributed by atoms with Crippen LogP contribution in [0.5, 0.6) is 0 Å². The number of carbonyl (C=O) groups excluding carboxylic acids is 7. The Balaban J connectivity index is 1.67. The molecule has 0 saturated carbocycles. The summed E-state index contributed by atoms with van der Waals surface area (Å²) in [5.41, 5.74) is 6.42. The van der Waals surface area contributed by atoms with Gasteiger partial charge in [0.1, 0.15) is 11.6 Å². The van der Waals surface area contributed by atoms with E-state index in [9.17, 15) is 28.8 Å². The molecule has 16 heteroatoms. The minimum atomic E-state index is -1.83. The monoisotopic (exact) mass is 871 g/mol. The van der Waals surface area contributed by atoms with Crippen molar-refractivity contribution in [1.82, 2.24) is 20.9 Å². The van der Waals surface area contributed by atoms with Crippen LogP contribution in [0.4, 0.5) is 9.59 Å². The molecule has 0 bridgehead atoms. The molecule has 5 amide bonds. The summed E-state index contributed by atoms with van der Waals surface area (Å²) < 4.78 is 21.8. The Morgan fingerprint density at radius 1 is 0.778 bits per heavy atom. The minimum Gasteiger partial charge on any atom is -0.454 e. The number of carbonyl (C=O) groups is 7. The Morgan fingerprint density at radius 3 is 1.95 bits per heavy atom. The maximum absolute atomic E-state index is 15.0. The fourth-order valence-electron chi connectivity index (χ4n) is 7.05. The summed E-state index contributed by atoms with van der Waals surface area (Å²) in [4.78, 5) is 95.5. The number of ketones is 1. The lowest BCUT2D eigenvalue weighted by Crippen LogP contribution is -2.58. The molecule has 1 saturated heterocycles. The maximum atomic E-state index is 15.0. The fraction of sp³-hybridized carbons (Fsp3) is 0.468. The number of nitrogens with one attached hydrogen (secondary N) is 3. The topological polar surface area (TPSA) is 222 Å². The van der Waals surface area contributed by atoms with E-state index in [-0.39, 0.29) is 38.9 Å². The van der Waals surface area contributed by atoms with Gasteiger partial charge in [0.2, 0.25) is 5.91 Å². The first-order valence-electron chi connectivity index (χ1n) is 21.2. The third-order valence-corrected chi connectivity index (χ3v) is 10.3. The van der Waals surface area contributed by atoms with Gasteiger partial charge in [0.15, 0.2) is 18.0 Å². The van der Waals surface area contributed by atoms with Crippen LogP contribution in [0.2, 0.25) is 0 Å². The number of Topliss-reactive ketones (excluding diaryl/α,β-unsaturated/α-hetero) is 1. The quantitative estimate of drug-likeness (QED) is 0.0672. The Morgan fingerprint density at radius 2 is 1.37 bits per heavy atom. The first kappa shape index (κ1) is 49.5. The van der Waals surface area contributed by atoms with Gasteiger partial charge < -0.3 is 40.2 Å². The number of alkyl carbamates (subject to hydrolysis) is 1. The highest BCUT2D eigenvalue weighted by molar-refractivity contribution is 5.99. The Bertz CT molecular complexity index is 1970. The molecule has 5 N–H and O–H groups in total. The van der Waals surface area contributed by atoms with Crippen LogP contribution in [0, 0.1) is 5.92 Å². The van der Waals surface area contributed by atoms with Gasteiger partial charge in [-0.05, 0) is 63.1 Å². The third kappa shape index (κ3) is 17.3. The lowest BCUT2D eigenvalue weighted by molar-refractivity contribution is -0.175. The first-order chi connectivity index (χ1) is 30.0. The number of hydrogen-bond donors (Lipinski definition) is 4. The number of rotatable bonds is 21. The number of ether oxygens (including phenoxy) is 4. The van der Waals surface area contributed by atoms with Gasteiger partial charge >= 0.3 is 24.1 Å². The smallest absolute Gasteiger partial charge is 0.407 e. The Hall–Kier alpha value is -6.13. The summed E-state index contributed by atoms with van der Waals surface area (Å²) in [6.07, 6.45) is 0.407. The first-order valence-corrected chi connectivity index (χ1v) is 21.2. The van der Waals surface area contributed by atoms with Gasteiger partial charge in [-0.15, -0.1) is 0 Å². The standard InChI is InChI=1S/C47H61N5O11/c1-33(53)61-32-40(55)62-47(30-36-21-12-7-13-22-36,23-15-14-18-34-16-8-5-9-17-34)39(54)29-37(31-49-45(59)63-46(2,3)4)41(48)43(57)50-38(28-35-19-10-6-11-20-35)42(56)51-44(58)52-24-26-60-27-25-52/h5-13,16-17,19-22,37-38,41H,14-15,18,23-32,48H2,1-4H3,(H,49,59)(H,50,57)(H,51,56,58). The van der Waals surface area contributed by atoms with Crippen LogP contribution in [0.15, 0.2) is 91.0 Å². The number of morpholine rings is 1. The van der Waals surface area contributed by atoms with Crippen molar-refractivity contribution in [1.29, 1.82) is 0 Å². The van der Waals surface area contributed by atoms with E-state index < -0.39 is 83.9 Å². The van der Waals surface area contributed by atoms with Crippen molar-refractivity contribution in [3.8, 4) is 0 Å². The number of nitrogens with zero attached hydrogens (tertiary/aromatic N) is 1. The van der Waals surface area contributed by atoms with Crippen molar-refractivity contribution in [2.24, 2.45) is 11.7 Å². The van der Waals surface area contributed by atoms with Gasteiger partial charge in [-0.25, -0.2) is 14.4 Å². The predicted molar refractivity (Wildman–Crippen MR) is 233 cm³/mol. The van der Waals surface area contributed by atoms with Crippen molar-refractivity contribution in [2.45, 2.75) is 95.9 Å². The highest BCUT2D eigenvalue weighted by atomic mass is 16.6. The summed E-state index contributed by atoms with van der Waals surface area (Å²) >= 11 is 0. The summed E-state index contributed by atoms with van der Waals surface area (Å²) in [6, 6.07) is 24.1. The van der Waals surface area contributed by atoms with Gasteiger partial charge in [0.05, 0.1) is 19.3 Å². The molecule has 4 rings (SSSR count). The van der Waals surface area contributed by atoms with Crippen molar-refractivity contribution in [3.63, 3.8) is 0 Å². The van der Waals surface area contributed by atoms with Crippen molar-refractivity contribution in [3.05, 3.63) is 108 Å². The molecule has 1 heterocycles. The van der Waals surface area contributed by atoms with Crippen LogP contribution in [-0.4, -0.2) is 109 Å². The second kappa shape index (κ2) is 24.5. The van der Waals surface area contributed by atoms with E-state index in [4.69, 9.17) is 24.7 Å². The molecular weight excluding hydrogens is 811 g/mol. The fourth-order valence-corrected chi connectivity index (χ4v) is 7.05. The zero-order chi connectivity index (χ0) is 45.8. The van der Waals surface area contributed by atoms with E-state index in [0.29, 0.717) is 43.6 Å². The van der Waals surface area contributed by atoms with Crippen LogP contribution >= 0.6 is 0 Å². The molecule has 63 heavy (non-hydrogen) atoms. The number of hydrogen-bond acceptors (Lipinski definition) is 12. The number of imide groups is 1. The molecule has 4 atom stereocenters. The zero-order valence-corrected chi connectivity index (χ0v) is 36.6. The molecule has 4 unspecified atom stereocenters. The summed E-state index contributed by atoms with van der Waals surface area (Å²) in [6.45, 7) is 6.26. The van der Waals surface area contributed by atoms with E-state index in [1.165, 1.54) is 4.90 Å². The van der Waals surface area contributed by atoms with Gasteiger partial charge in [0, 0.05) is 51.7 Å². The molecule has 3 aromatic carbocycles. The number of amides is 5. The SMILES string of the molecule is CC(=O)OCC(=O)OC(CCCCc1ccccc1)(Cc1ccccc1)C(=O)CC(CNC(=O)OC(C)(C)C)C(N)C(=O)NC(Cc1ccccc1)C(=O)NC(=O)N1CCOCC1. The van der Waals surface area contributed by atoms with Crippen LogP contribution in [0.25, 0.3) is 0 Å². The number of benzene rings is 3. The van der Waals surface area contributed by atoms with Gasteiger partial charge in [-0.3, -0.25) is 24.5 Å². The largest absolute Gasteiger partial charge is 0.454 e. The van der Waals surface area contributed by atoms with Gasteiger partial charge in [-0.1, -0.05) is 91.0 Å². The van der Waals surface area contributed by atoms with E-state index in [0.717, 1.165) is 12.5 Å². The second-order valence-electron chi connectivity index (χ2n) is 16.5. The maximum Gasteiger partial charge on any atom is 0.407 e. The molecule has 0 radical (unpaired) electrons. The van der Waals surface area contributed by atoms with E-state index in [1.54, 1.807) is 81.4 Å². The van der Waals surface area contributed by atoms with Crippen LogP contribution in [0.3, 0.4) is 0 Å². The average molecular weight is 872 g/mol. The van der Waals surface area contributed by atoms with Gasteiger partial charge in [-0.2, -0.15) is 0 Å². The average Bonchev–Trinajstić information content (AvgIpc) is 3.26. The summed E-state index contributed by atoms with van der Waals surface area (Å²) in [7, 11) is 0. The number of aryl methyl sites for hydroxylation is 1. The highest BCUT2D eigenvalue weighted by Gasteiger charge is 2.44. The molecule has 0 aliphatic carbocycles. The molecule has 340 valence electrons. The number of unbranched alkanes of at least 4 members (excludes halogenated alkanes) is 1. The molecule has 3 aromatic rings. The molecule has 1 aliphatic rings. The third-order valence-electron chi connectivity index (χ3n) is 10.3. The van der Waals surface area contributed by atoms with Crippen LogP contribution < -0.4 is 21.7 Å². The van der Waals surface area contributed by atoms with Crippen molar-refractivity contribution in [2.75, 3.05) is 39.5 Å². The lowest BCUT2D eigenvalue weighted by atomic mass is 9.80. The van der Waals surface area contributed by atoms with Crippen molar-refractivity contribution >= 4 is 41.7 Å². The van der Waals surface area contributed by atoms with Crippen LogP contribution in [-0.2, 0) is 62.2 Å². The molecule has 1 fully saturated rings. The predicted octanol–water partition coefficient (Wildman–Crippen LogP) is 4.21. The Labute approximate surface area is 368 Å². The molecule has 0 aromatic heterocycles. The normalized spacial score (nSPS) is 15.0. The van der Waals surface area contributed by atoms with E-state index in [2.05, 4.69) is 16.0 Å². The van der Waals surface area contributed by atoms with Crippen molar-refractivity contribution < 1.29 is 52.5 Å². The van der Waals surface area contributed by atoms with E-state index in [1.807, 2.05) is 30.3 Å². The summed E-state index contributed by atoms with van der Waals surface area (Å²) in [5.74, 6) is -5.05. The minimum absolute atomic E-state index is 0.0112. The molecule has 16 nitrogen and oxygen atoms in total. The lowest BCUT2D eigenvalue weighted by Gasteiger charge is -2.35. The molecule has 1 aliphatic heterocycles. The molecular formula is C47H61N5O11. The van der Waals surface area contributed by atoms with Gasteiger partial charge in [0.25, 0.3) is 5.91 Å². The molecule has 0 spiro atoms. The van der Waals surface area contributed by atoms with Crippen LogP contribution in [0.1, 0.15) is 70.1 Å². The number of nitrogens with two attached hydrogens (primary N) is 1. The summed E-state index contributed by atoms with van der Waals surface area (Å²) in [5, 5.41) is 7.69. The Kier molecular flexibility index (Phi) is 19.3. The van der Waals surface area contributed by atoms with E-state index >= 15 is 4.79 Å². The number of urea groups is 1.